The maximum absolute atomic E-state index is 9.96. The molecule has 17 heavy (non-hydrogen) atoms. The Labute approximate surface area is 105 Å². The Morgan fingerprint density at radius 2 is 1.29 bits per heavy atom. The first-order valence-electron chi connectivity index (χ1n) is 6.65. The Kier molecular flexibility index (Phi) is 14.8. The highest BCUT2D eigenvalue weighted by atomic mass is 16.1. The quantitative estimate of drug-likeness (QED) is 0.250. The minimum atomic E-state index is 0.750. The van der Waals surface area contributed by atoms with E-state index in [1.54, 1.807) is 0 Å². The van der Waals surface area contributed by atoms with Crippen LogP contribution in [-0.2, 0) is 4.79 Å². The van der Waals surface area contributed by atoms with Crippen LogP contribution in [0.3, 0.4) is 0 Å². The summed E-state index contributed by atoms with van der Waals surface area (Å²) in [6, 6.07) is 0. The number of hydrogen-bond donors (Lipinski definition) is 4. The molecule has 0 fully saturated rings. The molecule has 1 amide bonds. The van der Waals surface area contributed by atoms with E-state index in [4.69, 9.17) is 0 Å². The highest BCUT2D eigenvalue weighted by Crippen LogP contribution is 1.85. The first-order chi connectivity index (χ1) is 8.41. The van der Waals surface area contributed by atoms with Gasteiger partial charge in [0.2, 0.25) is 6.41 Å². The van der Waals surface area contributed by atoms with Crippen molar-refractivity contribution in [3.63, 3.8) is 0 Å². The molecular weight excluding hydrogens is 216 g/mol. The zero-order valence-electron chi connectivity index (χ0n) is 11.1. The van der Waals surface area contributed by atoms with Gasteiger partial charge in [0.25, 0.3) is 0 Å². The van der Waals surface area contributed by atoms with E-state index >= 15 is 0 Å². The van der Waals surface area contributed by atoms with Crippen molar-refractivity contribution in [2.45, 2.75) is 25.7 Å². The molecule has 0 aromatic rings. The second kappa shape index (κ2) is 15.4. The Morgan fingerprint density at radius 1 is 0.765 bits per heavy atom. The molecule has 0 saturated carbocycles. The van der Waals surface area contributed by atoms with E-state index in [2.05, 4.69) is 21.3 Å². The second-order valence-electron chi connectivity index (χ2n) is 4.09. The molecular formula is C12H28N4O. The van der Waals surface area contributed by atoms with Crippen molar-refractivity contribution in [3.05, 3.63) is 0 Å². The molecule has 0 unspecified atom stereocenters. The summed E-state index contributed by atoms with van der Waals surface area (Å²) in [4.78, 5) is 9.96. The third kappa shape index (κ3) is 15.4. The lowest BCUT2D eigenvalue weighted by Gasteiger charge is -2.06. The molecule has 0 aromatic heterocycles. The summed E-state index contributed by atoms with van der Waals surface area (Å²) in [5.41, 5.74) is 0. The van der Waals surface area contributed by atoms with E-state index in [1.807, 2.05) is 7.05 Å². The van der Waals surface area contributed by atoms with Gasteiger partial charge in [-0.3, -0.25) is 4.79 Å². The summed E-state index contributed by atoms with van der Waals surface area (Å²) >= 11 is 0. The van der Waals surface area contributed by atoms with Gasteiger partial charge in [-0.15, -0.1) is 0 Å². The maximum Gasteiger partial charge on any atom is 0.207 e. The maximum atomic E-state index is 9.96. The fraction of sp³-hybridized carbons (Fsp3) is 0.917. The summed E-state index contributed by atoms with van der Waals surface area (Å²) in [6.45, 7) is 6.12. The Morgan fingerprint density at radius 3 is 1.82 bits per heavy atom. The first kappa shape index (κ1) is 16.4. The van der Waals surface area contributed by atoms with Crippen LogP contribution in [0.2, 0.25) is 0 Å². The molecule has 0 radical (unpaired) electrons. The first-order valence-corrected chi connectivity index (χ1v) is 6.65. The zero-order chi connectivity index (χ0) is 12.6. The molecule has 0 saturated heterocycles. The van der Waals surface area contributed by atoms with Crippen LogP contribution in [0.15, 0.2) is 0 Å². The van der Waals surface area contributed by atoms with Gasteiger partial charge in [-0.1, -0.05) is 0 Å². The van der Waals surface area contributed by atoms with Gasteiger partial charge in [0.05, 0.1) is 0 Å². The van der Waals surface area contributed by atoms with Crippen molar-refractivity contribution in [2.24, 2.45) is 0 Å². The van der Waals surface area contributed by atoms with Crippen LogP contribution >= 0.6 is 0 Å². The van der Waals surface area contributed by atoms with Gasteiger partial charge >= 0.3 is 0 Å². The fourth-order valence-corrected chi connectivity index (χ4v) is 1.51. The van der Waals surface area contributed by atoms with Gasteiger partial charge < -0.3 is 21.3 Å². The number of amides is 1. The Balaban J connectivity index is 2.87. The molecule has 0 aliphatic heterocycles. The van der Waals surface area contributed by atoms with E-state index in [9.17, 15) is 4.79 Å². The Bertz CT molecular complexity index is 155. The van der Waals surface area contributed by atoms with E-state index in [0.29, 0.717) is 0 Å². The summed E-state index contributed by atoms with van der Waals surface area (Å²) < 4.78 is 0. The second-order valence-corrected chi connectivity index (χ2v) is 4.09. The lowest BCUT2D eigenvalue weighted by atomic mass is 10.3. The van der Waals surface area contributed by atoms with Gasteiger partial charge in [-0.25, -0.2) is 0 Å². The number of hydrogen-bond acceptors (Lipinski definition) is 4. The standard InChI is InChI=1S/C12H28N4O/c1-13-6-4-9-14-7-2-3-8-15-10-5-11-16-12-17/h12-15H,2-11H2,1H3,(H,16,17). The molecule has 0 rings (SSSR count). The molecule has 0 heterocycles. The molecule has 0 aromatic carbocycles. The van der Waals surface area contributed by atoms with E-state index in [0.717, 1.165) is 52.1 Å². The predicted molar refractivity (Wildman–Crippen MR) is 72.2 cm³/mol. The highest BCUT2D eigenvalue weighted by molar-refractivity contribution is 5.45. The summed E-state index contributed by atoms with van der Waals surface area (Å²) in [5, 5.41) is 12.6. The van der Waals surface area contributed by atoms with E-state index in [1.165, 1.54) is 19.3 Å². The molecule has 5 nitrogen and oxygen atoms in total. The van der Waals surface area contributed by atoms with Gasteiger partial charge in [-0.05, 0) is 65.5 Å². The summed E-state index contributed by atoms with van der Waals surface area (Å²) in [5.74, 6) is 0. The van der Waals surface area contributed by atoms with Gasteiger partial charge in [0.1, 0.15) is 0 Å². The average molecular weight is 244 g/mol. The Hall–Kier alpha value is -0.650. The zero-order valence-corrected chi connectivity index (χ0v) is 11.1. The third-order valence-corrected chi connectivity index (χ3v) is 2.50. The summed E-state index contributed by atoms with van der Waals surface area (Å²) in [7, 11) is 1.98. The van der Waals surface area contributed by atoms with Gasteiger partial charge in [0, 0.05) is 6.54 Å². The fourth-order valence-electron chi connectivity index (χ4n) is 1.51. The van der Waals surface area contributed by atoms with Gasteiger partial charge in [-0.2, -0.15) is 0 Å². The van der Waals surface area contributed by atoms with E-state index < -0.39 is 0 Å². The largest absolute Gasteiger partial charge is 0.359 e. The van der Waals surface area contributed by atoms with Crippen molar-refractivity contribution in [1.82, 2.24) is 21.3 Å². The minimum absolute atomic E-state index is 0.750. The molecule has 4 N–H and O–H groups in total. The smallest absolute Gasteiger partial charge is 0.207 e. The van der Waals surface area contributed by atoms with Crippen LogP contribution in [0.25, 0.3) is 0 Å². The predicted octanol–water partition coefficient (Wildman–Crippen LogP) is -0.309. The monoisotopic (exact) mass is 244 g/mol. The molecule has 5 heteroatoms. The van der Waals surface area contributed by atoms with Crippen LogP contribution in [0.1, 0.15) is 25.7 Å². The molecule has 0 bridgehead atoms. The molecule has 0 spiro atoms. The number of carbonyl (C=O) groups excluding carboxylic acids is 1. The number of nitrogens with one attached hydrogen (secondary N) is 4. The lowest BCUT2D eigenvalue weighted by molar-refractivity contribution is -0.109. The molecule has 102 valence electrons. The highest BCUT2D eigenvalue weighted by Gasteiger charge is 1.90. The third-order valence-electron chi connectivity index (χ3n) is 2.50. The topological polar surface area (TPSA) is 65.2 Å². The van der Waals surface area contributed by atoms with Crippen LogP contribution in [0.5, 0.6) is 0 Å². The summed E-state index contributed by atoms with van der Waals surface area (Å²) in [6.07, 6.45) is 5.37. The number of rotatable bonds is 14. The normalized spacial score (nSPS) is 10.4. The van der Waals surface area contributed by atoms with E-state index in [-0.39, 0.29) is 0 Å². The minimum Gasteiger partial charge on any atom is -0.359 e. The molecule has 0 aliphatic carbocycles. The number of carbonyl (C=O) groups is 1. The van der Waals surface area contributed by atoms with Crippen LogP contribution < -0.4 is 21.3 Å². The molecule has 0 aliphatic rings. The molecule has 0 atom stereocenters. The van der Waals surface area contributed by atoms with Crippen molar-refractivity contribution in [1.29, 1.82) is 0 Å². The lowest BCUT2D eigenvalue weighted by Crippen LogP contribution is -2.23. The van der Waals surface area contributed by atoms with Crippen molar-refractivity contribution < 1.29 is 4.79 Å². The van der Waals surface area contributed by atoms with Crippen LogP contribution in [0, 0.1) is 0 Å². The average Bonchev–Trinajstić information content (AvgIpc) is 2.35. The van der Waals surface area contributed by atoms with Crippen molar-refractivity contribution in [3.8, 4) is 0 Å². The van der Waals surface area contributed by atoms with Gasteiger partial charge in [0.15, 0.2) is 0 Å². The van der Waals surface area contributed by atoms with Crippen molar-refractivity contribution in [2.75, 3.05) is 46.3 Å². The van der Waals surface area contributed by atoms with Crippen molar-refractivity contribution >= 4 is 6.41 Å². The van der Waals surface area contributed by atoms with Crippen LogP contribution in [0.4, 0.5) is 0 Å². The number of unbranched alkanes of at least 4 members (excludes halogenated alkanes) is 1. The SMILES string of the molecule is CNCCCNCCCCNCCCNC=O. The van der Waals surface area contributed by atoms with Crippen LogP contribution in [-0.4, -0.2) is 52.7 Å².